The van der Waals surface area contributed by atoms with Gasteiger partial charge in [0.15, 0.2) is 10.2 Å². The number of aromatic nitrogens is 2. The number of carbonyl (C=O) groups is 1. The summed E-state index contributed by atoms with van der Waals surface area (Å²) in [5, 5.41) is 2.44. The molecule has 1 amide bonds. The number of aryl methyl sites for hydroxylation is 1. The van der Waals surface area contributed by atoms with E-state index in [1.165, 1.54) is 0 Å². The van der Waals surface area contributed by atoms with Crippen LogP contribution in [0.1, 0.15) is 11.1 Å². The number of halogens is 4. The number of hydrogen-bond donors (Lipinski definition) is 1. The minimum absolute atomic E-state index is 0.0316. The minimum atomic E-state index is -4.52. The molecule has 146 valence electrons. The van der Waals surface area contributed by atoms with Crippen molar-refractivity contribution in [2.45, 2.75) is 17.4 Å². The molecule has 0 fully saturated rings. The molecule has 0 saturated carbocycles. The third kappa shape index (κ3) is 5.03. The third-order valence-electron chi connectivity index (χ3n) is 3.69. The summed E-state index contributed by atoms with van der Waals surface area (Å²) in [6.07, 6.45) is -4.52. The lowest BCUT2D eigenvalue weighted by atomic mass is 10.1. The molecule has 0 spiro atoms. The number of anilines is 1. The summed E-state index contributed by atoms with van der Waals surface area (Å²) >= 11 is 8.19. The van der Waals surface area contributed by atoms with Crippen LogP contribution in [0.5, 0.6) is 0 Å². The van der Waals surface area contributed by atoms with Crippen molar-refractivity contribution in [2.24, 2.45) is 0 Å². The number of carbonyl (C=O) groups excluding carboxylic acids is 1. The van der Waals surface area contributed by atoms with E-state index in [1.807, 2.05) is 31.2 Å². The molecule has 4 nitrogen and oxygen atoms in total. The Morgan fingerprint density at radius 3 is 2.71 bits per heavy atom. The quantitative estimate of drug-likeness (QED) is 0.497. The molecule has 1 N–H and O–H groups in total. The average Bonchev–Trinajstić information content (AvgIpc) is 3.10. The molecule has 1 heterocycles. The standard InChI is InChI=1S/C18H13ClF3N3OS2/c1-10-4-2-3-5-12(10)16-24-17(28-25-16)27-9-15(26)23-14-8-11(18(20,21)22)6-7-13(14)19/h2-8H,9H2,1H3,(H,23,26). The van der Waals surface area contributed by atoms with Crippen LogP contribution in [0, 0.1) is 6.92 Å². The number of nitrogens with one attached hydrogen (secondary N) is 1. The van der Waals surface area contributed by atoms with Gasteiger partial charge in [-0.2, -0.15) is 17.5 Å². The van der Waals surface area contributed by atoms with E-state index in [2.05, 4.69) is 14.7 Å². The van der Waals surface area contributed by atoms with Gasteiger partial charge >= 0.3 is 6.18 Å². The summed E-state index contributed by atoms with van der Waals surface area (Å²) < 4.78 is 43.3. The molecule has 2 aromatic carbocycles. The molecule has 3 rings (SSSR count). The van der Waals surface area contributed by atoms with Crippen molar-refractivity contribution in [3.63, 3.8) is 0 Å². The monoisotopic (exact) mass is 443 g/mol. The highest BCUT2D eigenvalue weighted by atomic mass is 35.5. The van der Waals surface area contributed by atoms with Gasteiger partial charge in [0.25, 0.3) is 0 Å². The summed E-state index contributed by atoms with van der Waals surface area (Å²) in [5.41, 5.74) is 0.978. The average molecular weight is 444 g/mol. The van der Waals surface area contributed by atoms with Crippen LogP contribution in [-0.4, -0.2) is 21.0 Å². The van der Waals surface area contributed by atoms with E-state index < -0.39 is 17.6 Å². The van der Waals surface area contributed by atoms with E-state index in [9.17, 15) is 18.0 Å². The Kier molecular flexibility index (Phi) is 6.26. The largest absolute Gasteiger partial charge is 0.416 e. The number of rotatable bonds is 5. The lowest BCUT2D eigenvalue weighted by molar-refractivity contribution is -0.137. The van der Waals surface area contributed by atoms with Gasteiger partial charge in [-0.05, 0) is 42.2 Å². The number of nitrogens with zero attached hydrogens (tertiary/aromatic N) is 2. The van der Waals surface area contributed by atoms with E-state index in [4.69, 9.17) is 11.6 Å². The molecular formula is C18H13ClF3N3OS2. The Hall–Kier alpha value is -2.10. The molecule has 10 heteroatoms. The van der Waals surface area contributed by atoms with Crippen LogP contribution < -0.4 is 5.32 Å². The number of hydrogen-bond acceptors (Lipinski definition) is 5. The normalized spacial score (nSPS) is 11.5. The maximum absolute atomic E-state index is 12.8. The van der Waals surface area contributed by atoms with Crippen molar-refractivity contribution in [3.05, 3.63) is 58.6 Å². The van der Waals surface area contributed by atoms with Crippen LogP contribution >= 0.6 is 34.9 Å². The Labute approximate surface area is 172 Å². The van der Waals surface area contributed by atoms with Crippen LogP contribution in [0.2, 0.25) is 5.02 Å². The van der Waals surface area contributed by atoms with Crippen LogP contribution in [-0.2, 0) is 11.0 Å². The summed E-state index contributed by atoms with van der Waals surface area (Å²) in [6.45, 7) is 1.95. The molecule has 1 aromatic heterocycles. The molecule has 0 aliphatic carbocycles. The summed E-state index contributed by atoms with van der Waals surface area (Å²) in [6, 6.07) is 10.5. The molecule has 0 unspecified atom stereocenters. The minimum Gasteiger partial charge on any atom is -0.324 e. The summed E-state index contributed by atoms with van der Waals surface area (Å²) in [7, 11) is 0. The zero-order valence-corrected chi connectivity index (χ0v) is 16.8. The molecular weight excluding hydrogens is 431 g/mol. The Balaban J connectivity index is 1.63. The van der Waals surface area contributed by atoms with E-state index in [1.54, 1.807) is 0 Å². The molecule has 0 saturated heterocycles. The molecule has 0 bridgehead atoms. The Morgan fingerprint density at radius 2 is 2.00 bits per heavy atom. The van der Waals surface area contributed by atoms with Crippen LogP contribution in [0.3, 0.4) is 0 Å². The molecule has 0 aliphatic heterocycles. The number of amides is 1. The molecule has 3 aromatic rings. The Morgan fingerprint density at radius 1 is 1.25 bits per heavy atom. The smallest absolute Gasteiger partial charge is 0.324 e. The van der Waals surface area contributed by atoms with Crippen molar-refractivity contribution < 1.29 is 18.0 Å². The first kappa shape index (κ1) is 20.6. The first-order valence-electron chi connectivity index (χ1n) is 7.93. The second-order valence-corrected chi connectivity index (χ2v) is 8.11. The van der Waals surface area contributed by atoms with Crippen molar-refractivity contribution in [2.75, 3.05) is 11.1 Å². The third-order valence-corrected chi connectivity index (χ3v) is 5.85. The highest BCUT2D eigenvalue weighted by molar-refractivity contribution is 8.01. The van der Waals surface area contributed by atoms with E-state index in [0.29, 0.717) is 10.2 Å². The fraction of sp³-hybridized carbons (Fsp3) is 0.167. The maximum atomic E-state index is 12.8. The SMILES string of the molecule is Cc1ccccc1-c1nsc(SCC(=O)Nc2cc(C(F)(F)F)ccc2Cl)n1. The van der Waals surface area contributed by atoms with Gasteiger partial charge in [-0.15, -0.1) is 0 Å². The van der Waals surface area contributed by atoms with Gasteiger partial charge in [0, 0.05) is 5.56 Å². The summed E-state index contributed by atoms with van der Waals surface area (Å²) in [4.78, 5) is 16.5. The molecule has 0 atom stereocenters. The molecule has 28 heavy (non-hydrogen) atoms. The highest BCUT2D eigenvalue weighted by Gasteiger charge is 2.31. The molecule has 0 radical (unpaired) electrons. The number of alkyl halides is 3. The molecule has 0 aliphatic rings. The van der Waals surface area contributed by atoms with Gasteiger partial charge in [0.1, 0.15) is 0 Å². The predicted molar refractivity (Wildman–Crippen MR) is 106 cm³/mol. The highest BCUT2D eigenvalue weighted by Crippen LogP contribution is 2.34. The van der Waals surface area contributed by atoms with E-state index in [0.717, 1.165) is 52.6 Å². The van der Waals surface area contributed by atoms with Crippen molar-refractivity contribution >= 4 is 46.5 Å². The number of benzene rings is 2. The van der Waals surface area contributed by atoms with Crippen molar-refractivity contribution in [3.8, 4) is 11.4 Å². The van der Waals surface area contributed by atoms with E-state index >= 15 is 0 Å². The number of thioether (sulfide) groups is 1. The lowest BCUT2D eigenvalue weighted by Gasteiger charge is -2.11. The first-order chi connectivity index (χ1) is 13.2. The van der Waals surface area contributed by atoms with Gasteiger partial charge in [0.05, 0.1) is 22.0 Å². The Bertz CT molecular complexity index is 1010. The van der Waals surface area contributed by atoms with Gasteiger partial charge in [0.2, 0.25) is 5.91 Å². The van der Waals surface area contributed by atoms with E-state index in [-0.39, 0.29) is 16.5 Å². The van der Waals surface area contributed by atoms with Crippen molar-refractivity contribution in [1.29, 1.82) is 0 Å². The van der Waals surface area contributed by atoms with Crippen LogP contribution in [0.4, 0.5) is 18.9 Å². The lowest BCUT2D eigenvalue weighted by Crippen LogP contribution is -2.15. The maximum Gasteiger partial charge on any atom is 0.416 e. The van der Waals surface area contributed by atoms with Crippen molar-refractivity contribution in [1.82, 2.24) is 9.36 Å². The fourth-order valence-electron chi connectivity index (χ4n) is 2.31. The zero-order valence-electron chi connectivity index (χ0n) is 14.4. The van der Waals surface area contributed by atoms with Gasteiger partial charge in [-0.25, -0.2) is 4.98 Å². The van der Waals surface area contributed by atoms with Gasteiger partial charge < -0.3 is 5.32 Å². The topological polar surface area (TPSA) is 54.9 Å². The van der Waals surface area contributed by atoms with Crippen LogP contribution in [0.15, 0.2) is 46.8 Å². The second kappa shape index (κ2) is 8.50. The first-order valence-corrected chi connectivity index (χ1v) is 10.1. The fourth-order valence-corrected chi connectivity index (χ4v) is 3.89. The van der Waals surface area contributed by atoms with Crippen LogP contribution in [0.25, 0.3) is 11.4 Å². The summed E-state index contributed by atoms with van der Waals surface area (Å²) in [5.74, 6) is 0.0559. The predicted octanol–water partition coefficient (Wildman–Crippen LogP) is 5.92. The van der Waals surface area contributed by atoms with Gasteiger partial charge in [-0.1, -0.05) is 47.6 Å². The second-order valence-electron chi connectivity index (χ2n) is 5.73. The van der Waals surface area contributed by atoms with Gasteiger partial charge in [-0.3, -0.25) is 4.79 Å². The zero-order chi connectivity index (χ0) is 20.3.